The van der Waals surface area contributed by atoms with E-state index in [1.165, 1.54) is 5.56 Å². The van der Waals surface area contributed by atoms with E-state index in [1.807, 2.05) is 30.3 Å². The standard InChI is InChI=1S/C24H29NO4/c1-16-9-17(2)22(18(3)10-16)24(27)11-20-14-28-15-21(12-24)25(20)23(26)29-13-19-7-5-4-6-8-19/h4-10,20-21,27H,11-15H2,1-3H3. The van der Waals surface area contributed by atoms with Crippen LogP contribution in [-0.4, -0.2) is 41.4 Å². The Hall–Kier alpha value is -2.37. The van der Waals surface area contributed by atoms with Crippen molar-refractivity contribution < 1.29 is 19.4 Å². The number of morpholine rings is 1. The van der Waals surface area contributed by atoms with Crippen molar-refractivity contribution in [3.8, 4) is 0 Å². The van der Waals surface area contributed by atoms with E-state index < -0.39 is 5.60 Å². The topological polar surface area (TPSA) is 59.0 Å². The summed E-state index contributed by atoms with van der Waals surface area (Å²) in [7, 11) is 0. The predicted octanol–water partition coefficient (Wildman–Crippen LogP) is 4.00. The highest BCUT2D eigenvalue weighted by atomic mass is 16.6. The largest absolute Gasteiger partial charge is 0.445 e. The molecule has 0 saturated carbocycles. The molecule has 2 aromatic rings. The number of aryl methyl sites for hydroxylation is 3. The van der Waals surface area contributed by atoms with Gasteiger partial charge in [0.1, 0.15) is 6.61 Å². The monoisotopic (exact) mass is 395 g/mol. The second-order valence-electron chi connectivity index (χ2n) is 8.51. The maximum atomic E-state index is 12.9. The van der Waals surface area contributed by atoms with Crippen molar-refractivity contribution in [2.45, 2.75) is 57.9 Å². The van der Waals surface area contributed by atoms with Crippen LogP contribution >= 0.6 is 0 Å². The third kappa shape index (κ3) is 3.89. The summed E-state index contributed by atoms with van der Waals surface area (Å²) in [6.07, 6.45) is 0.579. The van der Waals surface area contributed by atoms with Crippen LogP contribution in [0.1, 0.15) is 40.7 Å². The number of ether oxygens (including phenoxy) is 2. The molecule has 2 atom stereocenters. The average molecular weight is 395 g/mol. The number of fused-ring (bicyclic) bond motifs is 2. The first kappa shape index (κ1) is 19.9. The van der Waals surface area contributed by atoms with Crippen LogP contribution < -0.4 is 0 Å². The number of aliphatic hydroxyl groups is 1. The Morgan fingerprint density at radius 1 is 1.10 bits per heavy atom. The van der Waals surface area contributed by atoms with Crippen LogP contribution in [0.4, 0.5) is 4.79 Å². The van der Waals surface area contributed by atoms with Gasteiger partial charge in [-0.05, 0) is 43.0 Å². The van der Waals surface area contributed by atoms with Crippen molar-refractivity contribution in [2.75, 3.05) is 13.2 Å². The second-order valence-corrected chi connectivity index (χ2v) is 8.51. The van der Waals surface area contributed by atoms with Gasteiger partial charge < -0.3 is 14.6 Å². The summed E-state index contributed by atoms with van der Waals surface area (Å²) in [6, 6.07) is 13.5. The third-order valence-electron chi connectivity index (χ3n) is 6.11. The molecular formula is C24H29NO4. The highest BCUT2D eigenvalue weighted by molar-refractivity contribution is 5.69. The highest BCUT2D eigenvalue weighted by Gasteiger charge is 2.50. The first-order valence-electron chi connectivity index (χ1n) is 10.2. The molecule has 2 fully saturated rings. The quantitative estimate of drug-likeness (QED) is 0.853. The van der Waals surface area contributed by atoms with E-state index in [9.17, 15) is 9.90 Å². The molecule has 154 valence electrons. The van der Waals surface area contributed by atoms with Gasteiger partial charge in [0, 0.05) is 12.8 Å². The summed E-state index contributed by atoms with van der Waals surface area (Å²) < 4.78 is 11.3. The summed E-state index contributed by atoms with van der Waals surface area (Å²) in [5, 5.41) is 11.7. The van der Waals surface area contributed by atoms with E-state index in [0.717, 1.165) is 22.3 Å². The van der Waals surface area contributed by atoms with E-state index in [-0.39, 0.29) is 24.8 Å². The fourth-order valence-corrected chi connectivity index (χ4v) is 5.19. The fourth-order valence-electron chi connectivity index (χ4n) is 5.19. The Kier molecular flexibility index (Phi) is 5.36. The zero-order chi connectivity index (χ0) is 20.6. The maximum absolute atomic E-state index is 12.9. The van der Waals surface area contributed by atoms with Crippen LogP contribution in [0, 0.1) is 20.8 Å². The summed E-state index contributed by atoms with van der Waals surface area (Å²) >= 11 is 0. The van der Waals surface area contributed by atoms with Gasteiger partial charge >= 0.3 is 6.09 Å². The second kappa shape index (κ2) is 7.81. The van der Waals surface area contributed by atoms with Gasteiger partial charge in [-0.3, -0.25) is 4.90 Å². The average Bonchev–Trinajstić information content (AvgIpc) is 2.65. The predicted molar refractivity (Wildman–Crippen MR) is 111 cm³/mol. The number of hydrogen-bond acceptors (Lipinski definition) is 4. The first-order chi connectivity index (χ1) is 13.9. The zero-order valence-electron chi connectivity index (χ0n) is 17.4. The molecule has 2 heterocycles. The van der Waals surface area contributed by atoms with Crippen molar-refractivity contribution in [1.29, 1.82) is 0 Å². The first-order valence-corrected chi connectivity index (χ1v) is 10.2. The lowest BCUT2D eigenvalue weighted by atomic mass is 9.74. The van der Waals surface area contributed by atoms with Gasteiger partial charge in [0.2, 0.25) is 0 Å². The lowest BCUT2D eigenvalue weighted by molar-refractivity contribution is -0.137. The Bertz CT molecular complexity index is 858. The van der Waals surface area contributed by atoms with Gasteiger partial charge in [-0.1, -0.05) is 48.0 Å². The number of hydrogen-bond donors (Lipinski definition) is 1. The molecule has 0 spiro atoms. The molecule has 29 heavy (non-hydrogen) atoms. The van der Waals surface area contributed by atoms with Crippen LogP contribution in [0.3, 0.4) is 0 Å². The smallest absolute Gasteiger partial charge is 0.410 e. The normalized spacial score (nSPS) is 26.3. The molecule has 5 heteroatoms. The molecule has 0 aromatic heterocycles. The Labute approximate surface area is 172 Å². The molecule has 2 bridgehead atoms. The Morgan fingerprint density at radius 3 is 2.28 bits per heavy atom. The van der Waals surface area contributed by atoms with Crippen LogP contribution in [0.25, 0.3) is 0 Å². The highest BCUT2D eigenvalue weighted by Crippen LogP contribution is 2.43. The number of carbonyl (C=O) groups is 1. The molecule has 1 amide bonds. The molecular weight excluding hydrogens is 366 g/mol. The number of benzene rings is 2. The van der Waals surface area contributed by atoms with E-state index in [1.54, 1.807) is 4.90 Å². The Balaban J connectivity index is 1.54. The number of piperidine rings is 1. The number of rotatable bonds is 3. The fraction of sp³-hybridized carbons (Fsp3) is 0.458. The lowest BCUT2D eigenvalue weighted by Crippen LogP contribution is -2.62. The van der Waals surface area contributed by atoms with Crippen molar-refractivity contribution in [2.24, 2.45) is 0 Å². The van der Waals surface area contributed by atoms with Crippen molar-refractivity contribution in [3.63, 3.8) is 0 Å². The molecule has 2 unspecified atom stereocenters. The molecule has 1 N–H and O–H groups in total. The third-order valence-corrected chi connectivity index (χ3v) is 6.11. The Morgan fingerprint density at radius 2 is 1.69 bits per heavy atom. The van der Waals surface area contributed by atoms with Crippen molar-refractivity contribution in [1.82, 2.24) is 4.90 Å². The van der Waals surface area contributed by atoms with E-state index in [4.69, 9.17) is 9.47 Å². The number of amides is 1. The molecule has 2 aliphatic rings. The zero-order valence-corrected chi connectivity index (χ0v) is 17.4. The van der Waals surface area contributed by atoms with Crippen LogP contribution in [0.2, 0.25) is 0 Å². The lowest BCUT2D eigenvalue weighted by Gasteiger charge is -2.51. The van der Waals surface area contributed by atoms with Gasteiger partial charge in [0.05, 0.1) is 30.9 Å². The van der Waals surface area contributed by atoms with Gasteiger partial charge in [-0.2, -0.15) is 0 Å². The molecule has 0 radical (unpaired) electrons. The van der Waals surface area contributed by atoms with E-state index in [0.29, 0.717) is 26.1 Å². The SMILES string of the molecule is Cc1cc(C)c(C2(O)CC3COCC(C2)N3C(=O)OCc2ccccc2)c(C)c1. The summed E-state index contributed by atoms with van der Waals surface area (Å²) in [6.45, 7) is 7.27. The summed E-state index contributed by atoms with van der Waals surface area (Å²) in [5.41, 5.74) is 4.39. The van der Waals surface area contributed by atoms with Gasteiger partial charge in [0.25, 0.3) is 0 Å². The van der Waals surface area contributed by atoms with Crippen molar-refractivity contribution in [3.05, 3.63) is 70.3 Å². The summed E-state index contributed by atoms with van der Waals surface area (Å²) in [4.78, 5) is 14.7. The molecule has 4 rings (SSSR count). The minimum Gasteiger partial charge on any atom is -0.445 e. The molecule has 5 nitrogen and oxygen atoms in total. The minimum atomic E-state index is -0.961. The molecule has 0 aliphatic carbocycles. The maximum Gasteiger partial charge on any atom is 0.410 e. The van der Waals surface area contributed by atoms with Crippen LogP contribution in [-0.2, 0) is 21.7 Å². The molecule has 2 aliphatic heterocycles. The van der Waals surface area contributed by atoms with Gasteiger partial charge in [0.15, 0.2) is 0 Å². The van der Waals surface area contributed by atoms with Gasteiger partial charge in [-0.25, -0.2) is 4.79 Å². The molecule has 2 saturated heterocycles. The number of carbonyl (C=O) groups excluding carboxylic acids is 1. The van der Waals surface area contributed by atoms with Crippen LogP contribution in [0.15, 0.2) is 42.5 Å². The van der Waals surface area contributed by atoms with Crippen LogP contribution in [0.5, 0.6) is 0 Å². The van der Waals surface area contributed by atoms with E-state index >= 15 is 0 Å². The van der Waals surface area contributed by atoms with Crippen molar-refractivity contribution >= 4 is 6.09 Å². The summed E-state index contributed by atoms with van der Waals surface area (Å²) in [5.74, 6) is 0. The number of nitrogens with zero attached hydrogens (tertiary/aromatic N) is 1. The minimum absolute atomic E-state index is 0.198. The van der Waals surface area contributed by atoms with Gasteiger partial charge in [-0.15, -0.1) is 0 Å². The molecule has 2 aromatic carbocycles. The van der Waals surface area contributed by atoms with E-state index in [2.05, 4.69) is 32.9 Å².